The van der Waals surface area contributed by atoms with Crippen LogP contribution in [0.15, 0.2) is 39.6 Å². The van der Waals surface area contributed by atoms with Gasteiger partial charge in [-0.2, -0.15) is 0 Å². The molecule has 4 rings (SSSR count). The van der Waals surface area contributed by atoms with Crippen molar-refractivity contribution in [3.05, 3.63) is 56.1 Å². The molecule has 1 aromatic carbocycles. The first-order valence-corrected chi connectivity index (χ1v) is 12.6. The van der Waals surface area contributed by atoms with E-state index in [4.69, 9.17) is 9.72 Å². The number of rotatable bonds is 7. The predicted molar refractivity (Wildman–Crippen MR) is 132 cm³/mol. The number of benzene rings is 1. The molecule has 0 aliphatic rings. The first kappa shape index (κ1) is 22.5. The quantitative estimate of drug-likeness (QED) is 0.298. The molecule has 10 heteroatoms. The number of aryl methyl sites for hydroxylation is 3. The highest BCUT2D eigenvalue weighted by molar-refractivity contribution is 7.99. The monoisotopic (exact) mass is 486 g/mol. The third-order valence-corrected chi connectivity index (χ3v) is 8.01. The summed E-state index contributed by atoms with van der Waals surface area (Å²) in [6, 6.07) is 7.28. The van der Waals surface area contributed by atoms with Gasteiger partial charge in [0.05, 0.1) is 29.6 Å². The molecule has 3 aromatic heterocycles. The second-order valence-corrected chi connectivity index (χ2v) is 9.94. The minimum Gasteiger partial charge on any atom is -0.497 e. The van der Waals surface area contributed by atoms with E-state index in [2.05, 4.69) is 17.2 Å². The summed E-state index contributed by atoms with van der Waals surface area (Å²) in [5.74, 6) is 0.539. The van der Waals surface area contributed by atoms with Gasteiger partial charge in [0.15, 0.2) is 10.3 Å². The number of nitrogens with zero attached hydrogens (tertiary/aromatic N) is 3. The Labute approximate surface area is 197 Å². The van der Waals surface area contributed by atoms with Crippen LogP contribution < -0.4 is 15.6 Å². The highest BCUT2D eigenvalue weighted by atomic mass is 32.2. The minimum absolute atomic E-state index is 0.103. The normalized spacial score (nSPS) is 11.1. The van der Waals surface area contributed by atoms with Crippen LogP contribution >= 0.6 is 34.4 Å². The zero-order valence-electron chi connectivity index (χ0n) is 18.1. The second-order valence-electron chi connectivity index (χ2n) is 7.05. The molecule has 7 nitrogen and oxygen atoms in total. The Balaban J connectivity index is 1.75. The van der Waals surface area contributed by atoms with Crippen LogP contribution in [-0.2, 0) is 11.2 Å². The summed E-state index contributed by atoms with van der Waals surface area (Å²) in [6.07, 6.45) is 0.837. The van der Waals surface area contributed by atoms with Crippen LogP contribution in [0.4, 0.5) is 5.13 Å². The lowest BCUT2D eigenvalue weighted by Gasteiger charge is -2.13. The molecule has 0 unspecified atom stereocenters. The summed E-state index contributed by atoms with van der Waals surface area (Å²) < 4.78 is 6.91. The van der Waals surface area contributed by atoms with Crippen molar-refractivity contribution < 1.29 is 9.53 Å². The Morgan fingerprint density at radius 1 is 1.28 bits per heavy atom. The summed E-state index contributed by atoms with van der Waals surface area (Å²) in [5.41, 5.74) is 2.33. The van der Waals surface area contributed by atoms with E-state index in [1.807, 2.05) is 37.4 Å². The number of fused-ring (bicyclic) bond motifs is 1. The van der Waals surface area contributed by atoms with E-state index in [-0.39, 0.29) is 17.2 Å². The molecule has 0 saturated heterocycles. The third kappa shape index (κ3) is 4.43. The Kier molecular flexibility index (Phi) is 6.63. The lowest BCUT2D eigenvalue weighted by molar-refractivity contribution is -0.113. The molecule has 0 fully saturated rings. The first-order valence-electron chi connectivity index (χ1n) is 9.95. The molecule has 0 aliphatic carbocycles. The molecule has 0 aliphatic heterocycles. The van der Waals surface area contributed by atoms with Gasteiger partial charge in [0.1, 0.15) is 10.6 Å². The zero-order chi connectivity index (χ0) is 22.8. The van der Waals surface area contributed by atoms with Crippen molar-refractivity contribution in [2.45, 2.75) is 32.3 Å². The molecular formula is C22H22N4O3S3. The number of methoxy groups -OCH3 is 1. The number of hydrogen-bond acceptors (Lipinski definition) is 8. The van der Waals surface area contributed by atoms with Gasteiger partial charge in [0.2, 0.25) is 5.91 Å². The molecule has 0 bridgehead atoms. The topological polar surface area (TPSA) is 86.1 Å². The molecule has 0 radical (unpaired) electrons. The van der Waals surface area contributed by atoms with Gasteiger partial charge < -0.3 is 10.1 Å². The number of carbonyl (C=O) groups is 1. The maximum absolute atomic E-state index is 13.6. The fraction of sp³-hybridized carbons (Fsp3) is 0.273. The van der Waals surface area contributed by atoms with Crippen LogP contribution in [0.2, 0.25) is 0 Å². The van der Waals surface area contributed by atoms with Gasteiger partial charge in [-0.25, -0.2) is 9.97 Å². The summed E-state index contributed by atoms with van der Waals surface area (Å²) in [5, 5.41) is 6.33. The molecule has 166 valence electrons. The Bertz CT molecular complexity index is 1360. The fourth-order valence-corrected chi connectivity index (χ4v) is 5.99. The standard InChI is InChI=1S/C22H22N4O3S3/c1-5-16-13(3)18-19(32-16)25-22(31-11-17(27)24-21-23-12(2)10-30-21)26(20(18)28)14-7-6-8-15(9-14)29-4/h6-10H,5,11H2,1-4H3,(H,23,24,27). The van der Waals surface area contributed by atoms with Crippen molar-refractivity contribution in [1.29, 1.82) is 0 Å². The third-order valence-electron chi connectivity index (χ3n) is 4.86. The summed E-state index contributed by atoms with van der Waals surface area (Å²) >= 11 is 4.14. The molecule has 0 spiro atoms. The number of anilines is 1. The Morgan fingerprint density at radius 3 is 2.78 bits per heavy atom. The summed E-state index contributed by atoms with van der Waals surface area (Å²) in [6.45, 7) is 5.91. The molecule has 1 amide bonds. The molecule has 0 atom stereocenters. The van der Waals surface area contributed by atoms with Crippen LogP contribution in [0, 0.1) is 13.8 Å². The van der Waals surface area contributed by atoms with Crippen molar-refractivity contribution in [3.8, 4) is 11.4 Å². The van der Waals surface area contributed by atoms with E-state index in [9.17, 15) is 9.59 Å². The number of carbonyl (C=O) groups excluding carboxylic acids is 1. The largest absolute Gasteiger partial charge is 0.497 e. The summed E-state index contributed by atoms with van der Waals surface area (Å²) in [7, 11) is 1.58. The van der Waals surface area contributed by atoms with E-state index in [1.54, 1.807) is 17.7 Å². The van der Waals surface area contributed by atoms with Crippen molar-refractivity contribution in [2.75, 3.05) is 18.2 Å². The number of ether oxygens (including phenoxy) is 1. The van der Waals surface area contributed by atoms with Crippen LogP contribution in [0.1, 0.15) is 23.1 Å². The lowest BCUT2D eigenvalue weighted by atomic mass is 10.2. The Morgan fingerprint density at radius 2 is 2.09 bits per heavy atom. The van der Waals surface area contributed by atoms with Gasteiger partial charge in [0.25, 0.3) is 5.56 Å². The predicted octanol–water partition coefficient (Wildman–Crippen LogP) is 4.82. The van der Waals surface area contributed by atoms with Crippen molar-refractivity contribution in [3.63, 3.8) is 0 Å². The molecule has 3 heterocycles. The van der Waals surface area contributed by atoms with Gasteiger partial charge >= 0.3 is 0 Å². The summed E-state index contributed by atoms with van der Waals surface area (Å²) in [4.78, 5) is 37.0. The average molecular weight is 487 g/mol. The van der Waals surface area contributed by atoms with Gasteiger partial charge in [-0.1, -0.05) is 24.8 Å². The van der Waals surface area contributed by atoms with Crippen LogP contribution in [-0.4, -0.2) is 33.3 Å². The number of hydrogen-bond donors (Lipinski definition) is 1. The second kappa shape index (κ2) is 9.43. The maximum atomic E-state index is 13.6. The lowest BCUT2D eigenvalue weighted by Crippen LogP contribution is -2.23. The van der Waals surface area contributed by atoms with Crippen LogP contribution in [0.3, 0.4) is 0 Å². The van der Waals surface area contributed by atoms with Crippen molar-refractivity contribution >= 4 is 55.7 Å². The maximum Gasteiger partial charge on any atom is 0.267 e. The average Bonchev–Trinajstić information content (AvgIpc) is 3.34. The van der Waals surface area contributed by atoms with Crippen molar-refractivity contribution in [1.82, 2.24) is 14.5 Å². The van der Waals surface area contributed by atoms with Gasteiger partial charge in [0, 0.05) is 16.3 Å². The fourth-order valence-electron chi connectivity index (χ4n) is 3.32. The molecule has 0 saturated carbocycles. The molecular weight excluding hydrogens is 464 g/mol. The molecule has 32 heavy (non-hydrogen) atoms. The minimum atomic E-state index is -0.201. The number of nitrogens with one attached hydrogen (secondary N) is 1. The molecule has 4 aromatic rings. The number of aromatic nitrogens is 3. The van der Waals surface area contributed by atoms with E-state index in [1.165, 1.54) is 34.4 Å². The van der Waals surface area contributed by atoms with E-state index < -0.39 is 0 Å². The van der Waals surface area contributed by atoms with E-state index >= 15 is 0 Å². The number of amides is 1. The highest BCUT2D eigenvalue weighted by Gasteiger charge is 2.20. The first-order chi connectivity index (χ1) is 15.4. The number of thiazole rings is 1. The Hall–Kier alpha value is -2.69. The van der Waals surface area contributed by atoms with Gasteiger partial charge in [-0.15, -0.1) is 22.7 Å². The van der Waals surface area contributed by atoms with E-state index in [0.717, 1.165) is 22.6 Å². The van der Waals surface area contributed by atoms with E-state index in [0.29, 0.717) is 31.9 Å². The van der Waals surface area contributed by atoms with Crippen LogP contribution in [0.25, 0.3) is 15.9 Å². The smallest absolute Gasteiger partial charge is 0.267 e. The van der Waals surface area contributed by atoms with Crippen molar-refractivity contribution in [2.24, 2.45) is 0 Å². The number of thiophene rings is 1. The van der Waals surface area contributed by atoms with Gasteiger partial charge in [-0.3, -0.25) is 14.2 Å². The SMILES string of the molecule is CCc1sc2nc(SCC(=O)Nc3nc(C)cs3)n(-c3cccc(OC)c3)c(=O)c2c1C. The van der Waals surface area contributed by atoms with Crippen LogP contribution in [0.5, 0.6) is 5.75 Å². The highest BCUT2D eigenvalue weighted by Crippen LogP contribution is 2.31. The molecule has 1 N–H and O–H groups in total. The van der Waals surface area contributed by atoms with Gasteiger partial charge in [-0.05, 0) is 38.0 Å². The zero-order valence-corrected chi connectivity index (χ0v) is 20.5. The number of thioether (sulfide) groups is 1.